The summed E-state index contributed by atoms with van der Waals surface area (Å²) in [7, 11) is 4.23. The standard InChI is InChI=1S/C20H33N5O2/c1-13(2)12-27-17-10-25(11-17)20(26)18-21-15(4)14(3)19(22-18)24-8-7-16(9-24)23(5)6/h13,16-17H,7-12H2,1-6H3/t16-/m1/s1. The summed E-state index contributed by atoms with van der Waals surface area (Å²) in [6, 6.07) is 0.521. The molecule has 0 aromatic carbocycles. The maximum atomic E-state index is 12.8. The van der Waals surface area contributed by atoms with Gasteiger partial charge in [0.2, 0.25) is 5.82 Å². The lowest BCUT2D eigenvalue weighted by molar-refractivity contribution is -0.0509. The van der Waals surface area contributed by atoms with Crippen LogP contribution in [0.3, 0.4) is 0 Å². The van der Waals surface area contributed by atoms with Crippen molar-refractivity contribution in [3.05, 3.63) is 17.1 Å². The van der Waals surface area contributed by atoms with E-state index in [0.717, 1.165) is 43.2 Å². The van der Waals surface area contributed by atoms with E-state index in [1.807, 2.05) is 13.8 Å². The largest absolute Gasteiger partial charge is 0.374 e. The molecule has 7 nitrogen and oxygen atoms in total. The lowest BCUT2D eigenvalue weighted by atomic mass is 10.1. The third-order valence-electron chi connectivity index (χ3n) is 5.55. The maximum absolute atomic E-state index is 12.8. The number of aryl methyl sites for hydroxylation is 1. The molecular weight excluding hydrogens is 342 g/mol. The van der Waals surface area contributed by atoms with Gasteiger partial charge in [0.1, 0.15) is 5.82 Å². The van der Waals surface area contributed by atoms with Gasteiger partial charge in [-0.2, -0.15) is 0 Å². The van der Waals surface area contributed by atoms with E-state index in [0.29, 0.717) is 30.9 Å². The van der Waals surface area contributed by atoms with Gasteiger partial charge >= 0.3 is 0 Å². The summed E-state index contributed by atoms with van der Waals surface area (Å²) in [6.45, 7) is 12.2. The van der Waals surface area contributed by atoms with Gasteiger partial charge in [0, 0.05) is 50.1 Å². The third-order valence-corrected chi connectivity index (χ3v) is 5.55. The minimum Gasteiger partial charge on any atom is -0.374 e. The number of hydrogen-bond donors (Lipinski definition) is 0. The Bertz CT molecular complexity index is 685. The zero-order valence-electron chi connectivity index (χ0n) is 17.5. The van der Waals surface area contributed by atoms with Crippen LogP contribution in [0.1, 0.15) is 42.1 Å². The van der Waals surface area contributed by atoms with Crippen molar-refractivity contribution < 1.29 is 9.53 Å². The van der Waals surface area contributed by atoms with E-state index in [2.05, 4.69) is 47.7 Å². The predicted octanol–water partition coefficient (Wildman–Crippen LogP) is 1.73. The first-order valence-corrected chi connectivity index (χ1v) is 9.93. The van der Waals surface area contributed by atoms with Crippen LogP contribution in [-0.4, -0.2) is 84.7 Å². The highest BCUT2D eigenvalue weighted by molar-refractivity contribution is 5.91. The van der Waals surface area contributed by atoms with Gasteiger partial charge in [-0.3, -0.25) is 4.79 Å². The lowest BCUT2D eigenvalue weighted by Gasteiger charge is -2.38. The summed E-state index contributed by atoms with van der Waals surface area (Å²) in [6.07, 6.45) is 1.25. The van der Waals surface area contributed by atoms with Gasteiger partial charge < -0.3 is 19.4 Å². The molecule has 2 fully saturated rings. The normalized spacial score (nSPS) is 20.7. The van der Waals surface area contributed by atoms with Crippen LogP contribution in [0.15, 0.2) is 0 Å². The van der Waals surface area contributed by atoms with Gasteiger partial charge in [-0.15, -0.1) is 0 Å². The number of carbonyl (C=O) groups excluding carboxylic acids is 1. The van der Waals surface area contributed by atoms with E-state index in [1.165, 1.54) is 0 Å². The summed E-state index contributed by atoms with van der Waals surface area (Å²) in [4.78, 5) is 28.3. The summed E-state index contributed by atoms with van der Waals surface area (Å²) in [5.41, 5.74) is 1.94. The molecule has 3 heterocycles. The molecule has 0 saturated carbocycles. The zero-order valence-corrected chi connectivity index (χ0v) is 17.5. The molecule has 0 radical (unpaired) electrons. The topological polar surface area (TPSA) is 61.8 Å². The predicted molar refractivity (Wildman–Crippen MR) is 106 cm³/mol. The van der Waals surface area contributed by atoms with E-state index in [9.17, 15) is 4.79 Å². The van der Waals surface area contributed by atoms with E-state index in [1.54, 1.807) is 4.90 Å². The number of nitrogens with zero attached hydrogens (tertiary/aromatic N) is 5. The molecule has 0 unspecified atom stereocenters. The number of hydrogen-bond acceptors (Lipinski definition) is 6. The highest BCUT2D eigenvalue weighted by Gasteiger charge is 2.34. The van der Waals surface area contributed by atoms with Crippen molar-refractivity contribution in [3.63, 3.8) is 0 Å². The summed E-state index contributed by atoms with van der Waals surface area (Å²) < 4.78 is 5.79. The molecule has 2 aliphatic rings. The molecule has 0 N–H and O–H groups in total. The SMILES string of the molecule is Cc1nc(C(=O)N2CC(OCC(C)C)C2)nc(N2CC[C@@H](N(C)C)C2)c1C. The second-order valence-corrected chi connectivity index (χ2v) is 8.49. The van der Waals surface area contributed by atoms with Crippen molar-refractivity contribution in [3.8, 4) is 0 Å². The monoisotopic (exact) mass is 375 g/mol. The Morgan fingerprint density at radius 2 is 1.93 bits per heavy atom. The van der Waals surface area contributed by atoms with Gasteiger partial charge in [0.05, 0.1) is 6.10 Å². The van der Waals surface area contributed by atoms with E-state index >= 15 is 0 Å². The van der Waals surface area contributed by atoms with Crippen LogP contribution >= 0.6 is 0 Å². The molecule has 1 amide bonds. The third kappa shape index (κ3) is 4.41. The Labute approximate surface area is 162 Å². The first kappa shape index (κ1) is 20.0. The van der Waals surface area contributed by atoms with E-state index in [4.69, 9.17) is 4.74 Å². The van der Waals surface area contributed by atoms with Crippen LogP contribution < -0.4 is 4.90 Å². The molecule has 1 atom stereocenters. The fourth-order valence-corrected chi connectivity index (χ4v) is 3.55. The summed E-state index contributed by atoms with van der Waals surface area (Å²) >= 11 is 0. The first-order valence-electron chi connectivity index (χ1n) is 9.93. The Morgan fingerprint density at radius 1 is 1.22 bits per heavy atom. The molecule has 2 aliphatic heterocycles. The van der Waals surface area contributed by atoms with Crippen LogP contribution in [0.2, 0.25) is 0 Å². The molecule has 27 heavy (non-hydrogen) atoms. The van der Waals surface area contributed by atoms with Crippen LogP contribution in [0.5, 0.6) is 0 Å². The maximum Gasteiger partial charge on any atom is 0.291 e. The second kappa shape index (κ2) is 8.10. The van der Waals surface area contributed by atoms with Crippen molar-refractivity contribution in [1.82, 2.24) is 19.8 Å². The van der Waals surface area contributed by atoms with Gasteiger partial charge in [-0.1, -0.05) is 13.8 Å². The molecule has 1 aromatic rings. The smallest absolute Gasteiger partial charge is 0.291 e. The number of aromatic nitrogens is 2. The highest BCUT2D eigenvalue weighted by atomic mass is 16.5. The Kier molecular flexibility index (Phi) is 6.01. The summed E-state index contributed by atoms with van der Waals surface area (Å²) in [5.74, 6) is 1.63. The van der Waals surface area contributed by atoms with Crippen LogP contribution in [-0.2, 0) is 4.74 Å². The lowest BCUT2D eigenvalue weighted by Crippen LogP contribution is -2.55. The van der Waals surface area contributed by atoms with Crippen molar-refractivity contribution in [2.24, 2.45) is 5.92 Å². The van der Waals surface area contributed by atoms with Crippen molar-refractivity contribution in [2.75, 3.05) is 51.8 Å². The van der Waals surface area contributed by atoms with Crippen LogP contribution in [0.4, 0.5) is 5.82 Å². The minimum absolute atomic E-state index is 0.0906. The van der Waals surface area contributed by atoms with E-state index < -0.39 is 0 Å². The molecule has 150 valence electrons. The van der Waals surface area contributed by atoms with Crippen LogP contribution in [0.25, 0.3) is 0 Å². The molecule has 1 aromatic heterocycles. The molecule has 0 aliphatic carbocycles. The number of rotatable bonds is 6. The first-order chi connectivity index (χ1) is 12.8. The number of anilines is 1. The highest BCUT2D eigenvalue weighted by Crippen LogP contribution is 2.26. The number of ether oxygens (including phenoxy) is 1. The van der Waals surface area contributed by atoms with Gasteiger partial charge in [-0.05, 0) is 40.3 Å². The van der Waals surface area contributed by atoms with Gasteiger partial charge in [-0.25, -0.2) is 9.97 Å². The molecule has 0 bridgehead atoms. The van der Waals surface area contributed by atoms with Crippen molar-refractivity contribution >= 4 is 11.7 Å². The molecular formula is C20H33N5O2. The number of likely N-dealkylation sites (tertiary alicyclic amines) is 1. The molecule has 7 heteroatoms. The minimum atomic E-state index is -0.0906. The Balaban J connectivity index is 1.68. The number of carbonyl (C=O) groups is 1. The number of amides is 1. The van der Waals surface area contributed by atoms with Crippen molar-refractivity contribution in [1.29, 1.82) is 0 Å². The average Bonchev–Trinajstić information content (AvgIpc) is 3.05. The average molecular weight is 376 g/mol. The zero-order chi connectivity index (χ0) is 19.7. The Hall–Kier alpha value is -1.73. The fourth-order valence-electron chi connectivity index (χ4n) is 3.55. The quantitative estimate of drug-likeness (QED) is 0.755. The molecule has 0 spiro atoms. The summed E-state index contributed by atoms with van der Waals surface area (Å²) in [5, 5.41) is 0. The second-order valence-electron chi connectivity index (χ2n) is 8.49. The van der Waals surface area contributed by atoms with Gasteiger partial charge in [0.15, 0.2) is 0 Å². The van der Waals surface area contributed by atoms with Gasteiger partial charge in [0.25, 0.3) is 5.91 Å². The van der Waals surface area contributed by atoms with E-state index in [-0.39, 0.29) is 12.0 Å². The number of likely N-dealkylation sites (N-methyl/N-ethyl adjacent to an activating group) is 1. The Morgan fingerprint density at radius 3 is 2.52 bits per heavy atom. The van der Waals surface area contributed by atoms with Crippen molar-refractivity contribution in [2.45, 2.75) is 46.3 Å². The molecule has 3 rings (SSSR count). The van der Waals surface area contributed by atoms with Crippen LogP contribution in [0, 0.1) is 19.8 Å². The fraction of sp³-hybridized carbons (Fsp3) is 0.750. The molecule has 2 saturated heterocycles.